The van der Waals surface area contributed by atoms with Crippen molar-refractivity contribution >= 4 is 18.7 Å². The lowest BCUT2D eigenvalue weighted by molar-refractivity contribution is 0.474. The van der Waals surface area contributed by atoms with Crippen molar-refractivity contribution in [2.75, 3.05) is 0 Å². The first kappa shape index (κ1) is 7.22. The van der Waals surface area contributed by atoms with Crippen molar-refractivity contribution < 1.29 is 5.11 Å². The average Bonchev–Trinajstić information content (AvgIpc) is 1.94. The number of phenols is 1. The van der Waals surface area contributed by atoms with Gasteiger partial charge < -0.3 is 5.11 Å². The van der Waals surface area contributed by atoms with Crippen LogP contribution in [0.3, 0.4) is 0 Å². The van der Waals surface area contributed by atoms with Gasteiger partial charge in [0.15, 0.2) is 0 Å². The molecule has 0 saturated heterocycles. The third-order valence-electron chi connectivity index (χ3n) is 1.20. The van der Waals surface area contributed by atoms with E-state index in [1.165, 1.54) is 0 Å². The Bertz CT molecular complexity index is 243. The predicted octanol–water partition coefficient (Wildman–Crippen LogP) is 1.37. The Kier molecular flexibility index (Phi) is 2.40. The van der Waals surface area contributed by atoms with E-state index in [-0.39, 0.29) is 0 Å². The number of benzene rings is 1. The van der Waals surface area contributed by atoms with Crippen LogP contribution in [0, 0.1) is 0 Å². The molecule has 2 heteroatoms. The molecule has 0 aromatic heterocycles. The second-order valence-corrected chi connectivity index (χ2v) is 2.23. The van der Waals surface area contributed by atoms with Crippen LogP contribution in [-0.2, 0) is 12.6 Å². The SMILES string of the molecule is Oc1ccccc1/C=C/[SH2+]. The van der Waals surface area contributed by atoms with Gasteiger partial charge in [-0.1, -0.05) is 18.2 Å². The Balaban J connectivity index is 3.03. The summed E-state index contributed by atoms with van der Waals surface area (Å²) in [4.78, 5) is 0. The van der Waals surface area contributed by atoms with E-state index >= 15 is 0 Å². The van der Waals surface area contributed by atoms with Crippen molar-refractivity contribution in [2.24, 2.45) is 0 Å². The monoisotopic (exact) mass is 153 g/mol. The van der Waals surface area contributed by atoms with Crippen LogP contribution in [0.4, 0.5) is 0 Å². The lowest BCUT2D eigenvalue weighted by Crippen LogP contribution is -1.70. The molecule has 1 aromatic carbocycles. The van der Waals surface area contributed by atoms with Crippen LogP contribution in [0.5, 0.6) is 5.75 Å². The zero-order chi connectivity index (χ0) is 7.40. The molecule has 0 unspecified atom stereocenters. The highest BCUT2D eigenvalue weighted by Gasteiger charge is 1.92. The van der Waals surface area contributed by atoms with Gasteiger partial charge in [0.05, 0.1) is 0 Å². The molecule has 0 spiro atoms. The van der Waals surface area contributed by atoms with Crippen LogP contribution in [0.25, 0.3) is 6.08 Å². The molecule has 0 atom stereocenters. The minimum atomic E-state index is 0.303. The van der Waals surface area contributed by atoms with Crippen LogP contribution in [0.1, 0.15) is 5.56 Å². The van der Waals surface area contributed by atoms with Gasteiger partial charge >= 0.3 is 0 Å². The summed E-state index contributed by atoms with van der Waals surface area (Å²) in [5, 5.41) is 10.9. The van der Waals surface area contributed by atoms with E-state index in [2.05, 4.69) is 12.6 Å². The molecule has 0 saturated carbocycles. The molecule has 1 nitrogen and oxygen atoms in total. The molecule has 1 aromatic rings. The number of aromatic hydroxyl groups is 1. The molecule has 0 aliphatic rings. The van der Waals surface area contributed by atoms with E-state index in [1.54, 1.807) is 23.6 Å². The molecule has 1 N–H and O–H groups in total. The van der Waals surface area contributed by atoms with Gasteiger partial charge in [-0.25, -0.2) is 0 Å². The predicted molar refractivity (Wildman–Crippen MR) is 47.3 cm³/mol. The van der Waals surface area contributed by atoms with E-state index < -0.39 is 0 Å². The van der Waals surface area contributed by atoms with Gasteiger partial charge in [0.2, 0.25) is 0 Å². The van der Waals surface area contributed by atoms with Crippen molar-refractivity contribution in [1.82, 2.24) is 0 Å². The summed E-state index contributed by atoms with van der Waals surface area (Å²) in [6, 6.07) is 7.16. The van der Waals surface area contributed by atoms with Crippen LogP contribution in [0.15, 0.2) is 29.7 Å². The van der Waals surface area contributed by atoms with Gasteiger partial charge in [-0.2, -0.15) is 0 Å². The fourth-order valence-corrected chi connectivity index (χ4v) is 0.898. The summed E-state index contributed by atoms with van der Waals surface area (Å²) in [5.41, 5.74) is 0.817. The van der Waals surface area contributed by atoms with Crippen molar-refractivity contribution in [3.8, 4) is 5.75 Å². The minimum absolute atomic E-state index is 0.303. The Morgan fingerprint density at radius 2 is 2.00 bits per heavy atom. The zero-order valence-electron chi connectivity index (χ0n) is 5.41. The normalized spacial score (nSPS) is 10.5. The lowest BCUT2D eigenvalue weighted by atomic mass is 10.2. The van der Waals surface area contributed by atoms with E-state index in [0.29, 0.717) is 5.75 Å². The van der Waals surface area contributed by atoms with Gasteiger partial charge in [-0.05, 0) is 24.8 Å². The Morgan fingerprint density at radius 1 is 1.30 bits per heavy atom. The van der Waals surface area contributed by atoms with Gasteiger partial charge in [-0.3, -0.25) is 0 Å². The highest BCUT2D eigenvalue weighted by Crippen LogP contribution is 2.16. The van der Waals surface area contributed by atoms with Crippen molar-refractivity contribution in [2.45, 2.75) is 0 Å². The quantitative estimate of drug-likeness (QED) is 0.604. The molecular formula is C8H9OS+. The molecule has 10 heavy (non-hydrogen) atoms. The summed E-state index contributed by atoms with van der Waals surface area (Å²) in [6.45, 7) is 0. The van der Waals surface area contributed by atoms with Crippen LogP contribution >= 0.6 is 0 Å². The molecule has 1 rings (SSSR count). The Labute approximate surface area is 65.4 Å². The summed E-state index contributed by atoms with van der Waals surface area (Å²) in [7, 11) is 0. The largest absolute Gasteiger partial charge is 0.507 e. The topological polar surface area (TPSA) is 20.2 Å². The molecule has 0 fully saturated rings. The number of rotatable bonds is 1. The van der Waals surface area contributed by atoms with Gasteiger partial charge in [-0.15, -0.1) is 0 Å². The fourth-order valence-electron chi connectivity index (χ4n) is 0.718. The fraction of sp³-hybridized carbons (Fsp3) is 0. The number of hydrogen-bond acceptors (Lipinski definition) is 1. The van der Waals surface area contributed by atoms with Gasteiger partial charge in [0.1, 0.15) is 11.2 Å². The standard InChI is InChI=1S/C8H8OS/c9-8-4-2-1-3-7(8)5-6-10/h1-6,9-10H/p+1/b6-5+. The third-order valence-corrected chi connectivity index (χ3v) is 1.37. The number of phenolic OH excluding ortho intramolecular Hbond substituents is 1. The molecule has 0 amide bonds. The first-order valence-corrected chi connectivity index (χ1v) is 3.54. The summed E-state index contributed by atoms with van der Waals surface area (Å²) in [5.74, 6) is 0.303. The summed E-state index contributed by atoms with van der Waals surface area (Å²) in [6.07, 6.45) is 1.78. The third kappa shape index (κ3) is 1.54. The minimum Gasteiger partial charge on any atom is -0.507 e. The van der Waals surface area contributed by atoms with E-state index in [4.69, 9.17) is 5.11 Å². The molecule has 0 radical (unpaired) electrons. The van der Waals surface area contributed by atoms with E-state index in [9.17, 15) is 0 Å². The van der Waals surface area contributed by atoms with E-state index in [0.717, 1.165) is 5.56 Å². The van der Waals surface area contributed by atoms with Gasteiger partial charge in [0.25, 0.3) is 0 Å². The zero-order valence-corrected chi connectivity index (χ0v) is 6.41. The summed E-state index contributed by atoms with van der Waals surface area (Å²) < 4.78 is 0. The molecular weight excluding hydrogens is 144 g/mol. The molecule has 0 aliphatic carbocycles. The Morgan fingerprint density at radius 3 is 2.60 bits per heavy atom. The molecule has 0 bridgehead atoms. The second kappa shape index (κ2) is 3.32. The first-order chi connectivity index (χ1) is 4.84. The van der Waals surface area contributed by atoms with Crippen molar-refractivity contribution in [3.05, 3.63) is 35.2 Å². The maximum absolute atomic E-state index is 9.17. The lowest BCUT2D eigenvalue weighted by Gasteiger charge is -1.93. The van der Waals surface area contributed by atoms with Gasteiger partial charge in [0, 0.05) is 5.56 Å². The highest BCUT2D eigenvalue weighted by molar-refractivity contribution is 7.62. The van der Waals surface area contributed by atoms with Crippen LogP contribution < -0.4 is 0 Å². The molecule has 0 aliphatic heterocycles. The Hall–Kier alpha value is -0.890. The van der Waals surface area contributed by atoms with Crippen molar-refractivity contribution in [1.29, 1.82) is 0 Å². The first-order valence-electron chi connectivity index (χ1n) is 2.96. The number of hydrogen-bond donors (Lipinski definition) is 1. The maximum Gasteiger partial charge on any atom is 0.122 e. The maximum atomic E-state index is 9.17. The van der Waals surface area contributed by atoms with Crippen molar-refractivity contribution in [3.63, 3.8) is 0 Å². The van der Waals surface area contributed by atoms with Crippen LogP contribution in [0.2, 0.25) is 0 Å². The molecule has 0 heterocycles. The molecule has 52 valence electrons. The van der Waals surface area contributed by atoms with Crippen LogP contribution in [-0.4, -0.2) is 5.11 Å². The second-order valence-electron chi connectivity index (χ2n) is 1.89. The smallest absolute Gasteiger partial charge is 0.122 e. The average molecular weight is 153 g/mol. The van der Waals surface area contributed by atoms with E-state index in [1.807, 2.05) is 12.1 Å². The number of para-hydroxylation sites is 1. The summed E-state index contributed by atoms with van der Waals surface area (Å²) >= 11 is 3.17. The highest BCUT2D eigenvalue weighted by atomic mass is 32.1.